The van der Waals surface area contributed by atoms with E-state index < -0.39 is 5.97 Å². The lowest BCUT2D eigenvalue weighted by Crippen LogP contribution is -2.01. The van der Waals surface area contributed by atoms with Crippen molar-refractivity contribution in [2.45, 2.75) is 10.6 Å². The fraction of sp³-hybridized carbons (Fsp3) is 0.0952. The minimum atomic E-state index is -1.03. The minimum Gasteiger partial charge on any atom is -0.497 e. The molecular weight excluding hydrogens is 362 g/mol. The number of hydrogen-bond donors (Lipinski definition) is 2. The van der Waals surface area contributed by atoms with E-state index in [1.807, 2.05) is 30.3 Å². The summed E-state index contributed by atoms with van der Waals surface area (Å²) in [5, 5.41) is 9.34. The van der Waals surface area contributed by atoms with Crippen LogP contribution in [-0.4, -0.2) is 18.2 Å². The molecule has 0 radical (unpaired) electrons. The third kappa shape index (κ3) is 4.74. The summed E-state index contributed by atoms with van der Waals surface area (Å²) in [6, 6.07) is 20.0. The fourth-order valence-corrected chi connectivity index (χ4v) is 3.48. The van der Waals surface area contributed by atoms with Crippen LogP contribution in [0.4, 0.5) is 5.69 Å². The predicted molar refractivity (Wildman–Crippen MR) is 107 cm³/mol. The van der Waals surface area contributed by atoms with Crippen molar-refractivity contribution in [3.8, 4) is 17.2 Å². The summed E-state index contributed by atoms with van der Waals surface area (Å²) in [4.78, 5) is 12.1. The van der Waals surface area contributed by atoms with E-state index >= 15 is 0 Å². The smallest absolute Gasteiger partial charge is 0.335 e. The molecule has 0 atom stereocenters. The van der Waals surface area contributed by atoms with Gasteiger partial charge in [0.25, 0.3) is 0 Å². The number of nitrogen functional groups attached to an aromatic ring is 1. The number of carboxylic acid groups (broad SMARTS) is 1. The van der Waals surface area contributed by atoms with Gasteiger partial charge < -0.3 is 20.3 Å². The Kier molecular flexibility index (Phi) is 5.88. The average molecular weight is 381 g/mol. The molecule has 0 aliphatic heterocycles. The number of hydrogen-bond acceptors (Lipinski definition) is 5. The predicted octanol–water partition coefficient (Wildman–Crippen LogP) is 5.06. The number of methoxy groups -OCH3 is 1. The lowest BCUT2D eigenvalue weighted by molar-refractivity contribution is 0.0696. The summed E-state index contributed by atoms with van der Waals surface area (Å²) >= 11 is 1.48. The quantitative estimate of drug-likeness (QED) is 0.440. The van der Waals surface area contributed by atoms with Crippen molar-refractivity contribution in [1.82, 2.24) is 0 Å². The number of benzene rings is 3. The van der Waals surface area contributed by atoms with Crippen LogP contribution in [0, 0.1) is 0 Å². The van der Waals surface area contributed by atoms with E-state index in [1.54, 1.807) is 37.4 Å². The average Bonchev–Trinajstić information content (AvgIpc) is 2.69. The van der Waals surface area contributed by atoms with Gasteiger partial charge in [0.05, 0.1) is 23.3 Å². The van der Waals surface area contributed by atoms with Crippen LogP contribution in [0.1, 0.15) is 15.9 Å². The van der Waals surface area contributed by atoms with Gasteiger partial charge in [0.1, 0.15) is 11.5 Å². The molecule has 0 fully saturated rings. The monoisotopic (exact) mass is 381 g/mol. The van der Waals surface area contributed by atoms with E-state index in [9.17, 15) is 9.90 Å². The summed E-state index contributed by atoms with van der Waals surface area (Å²) < 4.78 is 11.1. The van der Waals surface area contributed by atoms with E-state index in [0.29, 0.717) is 22.1 Å². The van der Waals surface area contributed by atoms with Crippen LogP contribution in [0.2, 0.25) is 0 Å². The van der Waals surface area contributed by atoms with Crippen LogP contribution < -0.4 is 15.2 Å². The second kappa shape index (κ2) is 8.51. The van der Waals surface area contributed by atoms with Gasteiger partial charge in [-0.15, -0.1) is 11.8 Å². The Bertz CT molecular complexity index is 927. The van der Waals surface area contributed by atoms with Crippen molar-refractivity contribution >= 4 is 23.4 Å². The Balaban J connectivity index is 1.91. The van der Waals surface area contributed by atoms with Crippen molar-refractivity contribution in [1.29, 1.82) is 0 Å². The molecule has 0 aliphatic rings. The zero-order valence-electron chi connectivity index (χ0n) is 14.7. The van der Waals surface area contributed by atoms with Crippen molar-refractivity contribution in [2.75, 3.05) is 12.8 Å². The second-order valence-corrected chi connectivity index (χ2v) is 6.77. The van der Waals surface area contributed by atoms with Crippen molar-refractivity contribution in [2.24, 2.45) is 0 Å². The highest BCUT2D eigenvalue weighted by molar-refractivity contribution is 7.98. The Morgan fingerprint density at radius 2 is 1.70 bits per heavy atom. The first-order chi connectivity index (χ1) is 13.1. The normalized spacial score (nSPS) is 10.4. The van der Waals surface area contributed by atoms with Gasteiger partial charge in [-0.05, 0) is 42.0 Å². The van der Waals surface area contributed by atoms with E-state index in [0.717, 1.165) is 11.3 Å². The maximum Gasteiger partial charge on any atom is 0.335 e. The Labute approximate surface area is 161 Å². The molecule has 6 heteroatoms. The maximum atomic E-state index is 11.4. The first kappa shape index (κ1) is 18.7. The number of nitrogens with two attached hydrogens (primary N) is 1. The first-order valence-corrected chi connectivity index (χ1v) is 9.21. The summed E-state index contributed by atoms with van der Waals surface area (Å²) in [5.74, 6) is 1.40. The van der Waals surface area contributed by atoms with Crippen LogP contribution in [-0.2, 0) is 5.75 Å². The number of ether oxygens (including phenoxy) is 2. The summed E-state index contributed by atoms with van der Waals surface area (Å²) in [6.45, 7) is 0. The van der Waals surface area contributed by atoms with Crippen molar-refractivity contribution in [3.05, 3.63) is 77.9 Å². The topological polar surface area (TPSA) is 81.8 Å². The molecule has 0 amide bonds. The van der Waals surface area contributed by atoms with E-state index in [-0.39, 0.29) is 11.3 Å². The number of rotatable bonds is 7. The third-order valence-corrected chi connectivity index (χ3v) is 4.94. The van der Waals surface area contributed by atoms with Crippen molar-refractivity contribution in [3.63, 3.8) is 0 Å². The SMILES string of the molecule is COc1ccc(Oc2c(N)cc(C(=O)O)cc2SCc2ccccc2)cc1. The van der Waals surface area contributed by atoms with Gasteiger partial charge in [0.2, 0.25) is 0 Å². The summed E-state index contributed by atoms with van der Waals surface area (Å²) in [7, 11) is 1.59. The summed E-state index contributed by atoms with van der Waals surface area (Å²) in [5.41, 5.74) is 7.64. The van der Waals surface area contributed by atoms with Gasteiger partial charge >= 0.3 is 5.97 Å². The van der Waals surface area contributed by atoms with Crippen LogP contribution >= 0.6 is 11.8 Å². The highest BCUT2D eigenvalue weighted by Gasteiger charge is 2.16. The second-order valence-electron chi connectivity index (χ2n) is 5.75. The molecular formula is C21H19NO4S. The Hall–Kier alpha value is -3.12. The molecule has 0 saturated carbocycles. The zero-order valence-corrected chi connectivity index (χ0v) is 15.5. The third-order valence-electron chi connectivity index (χ3n) is 3.85. The highest BCUT2D eigenvalue weighted by Crippen LogP contribution is 2.40. The molecule has 0 unspecified atom stereocenters. The van der Waals surface area contributed by atoms with E-state index in [2.05, 4.69) is 0 Å². The van der Waals surface area contributed by atoms with Gasteiger partial charge in [0, 0.05) is 5.75 Å². The van der Waals surface area contributed by atoms with Crippen LogP contribution in [0.5, 0.6) is 17.2 Å². The molecule has 138 valence electrons. The molecule has 27 heavy (non-hydrogen) atoms. The molecule has 0 aromatic heterocycles. The maximum absolute atomic E-state index is 11.4. The number of aromatic carboxylic acids is 1. The molecule has 5 nitrogen and oxygen atoms in total. The van der Waals surface area contributed by atoms with Gasteiger partial charge in [-0.1, -0.05) is 30.3 Å². The van der Waals surface area contributed by atoms with Crippen molar-refractivity contribution < 1.29 is 19.4 Å². The molecule has 3 aromatic rings. The zero-order chi connectivity index (χ0) is 19.2. The van der Waals surface area contributed by atoms with E-state index in [1.165, 1.54) is 17.8 Å². The van der Waals surface area contributed by atoms with Gasteiger partial charge in [-0.3, -0.25) is 0 Å². The summed E-state index contributed by atoms with van der Waals surface area (Å²) in [6.07, 6.45) is 0. The number of carbonyl (C=O) groups is 1. The number of anilines is 1. The van der Waals surface area contributed by atoms with Gasteiger partial charge in [-0.2, -0.15) is 0 Å². The molecule has 0 bridgehead atoms. The lowest BCUT2D eigenvalue weighted by atomic mass is 10.2. The minimum absolute atomic E-state index is 0.130. The standard InChI is InChI=1S/C21H19NO4S/c1-25-16-7-9-17(10-8-16)26-20-18(22)11-15(21(23)24)12-19(20)27-13-14-5-3-2-4-6-14/h2-12H,13,22H2,1H3,(H,23,24). The van der Waals surface area contributed by atoms with E-state index in [4.69, 9.17) is 15.2 Å². The highest BCUT2D eigenvalue weighted by atomic mass is 32.2. The Morgan fingerprint density at radius 1 is 1.04 bits per heavy atom. The van der Waals surface area contributed by atoms with Crippen LogP contribution in [0.25, 0.3) is 0 Å². The molecule has 0 saturated heterocycles. The molecule has 0 heterocycles. The van der Waals surface area contributed by atoms with Gasteiger partial charge in [0.15, 0.2) is 5.75 Å². The van der Waals surface area contributed by atoms with Crippen LogP contribution in [0.15, 0.2) is 71.6 Å². The number of thioether (sulfide) groups is 1. The number of carboxylic acids is 1. The molecule has 3 aromatic carbocycles. The molecule has 0 aliphatic carbocycles. The van der Waals surface area contributed by atoms with Crippen LogP contribution in [0.3, 0.4) is 0 Å². The fourth-order valence-electron chi connectivity index (χ4n) is 2.46. The molecule has 3 N–H and O–H groups in total. The lowest BCUT2D eigenvalue weighted by Gasteiger charge is -2.15. The first-order valence-electron chi connectivity index (χ1n) is 8.22. The largest absolute Gasteiger partial charge is 0.497 e. The molecule has 3 rings (SSSR count). The van der Waals surface area contributed by atoms with Gasteiger partial charge in [-0.25, -0.2) is 4.79 Å². The Morgan fingerprint density at radius 3 is 2.33 bits per heavy atom. The molecule has 0 spiro atoms.